The number of hydrogen-bond donors (Lipinski definition) is 1. The standard InChI is InChI=1S/C13H15Cl2NO4/c1-3-16(5-4-12(17)18)13(19)8-6-9(14)10(15)7-11(8)20-2/h6-7H,3-5H2,1-2H3,(H,17,18). The molecule has 110 valence electrons. The van der Waals surface area contributed by atoms with Crippen LogP contribution >= 0.6 is 23.2 Å². The van der Waals surface area contributed by atoms with Gasteiger partial charge < -0.3 is 14.7 Å². The Bertz CT molecular complexity index is 519. The van der Waals surface area contributed by atoms with E-state index in [1.807, 2.05) is 0 Å². The van der Waals surface area contributed by atoms with Crippen LogP contribution in [0.5, 0.6) is 5.75 Å². The maximum absolute atomic E-state index is 12.4. The van der Waals surface area contributed by atoms with E-state index in [2.05, 4.69) is 0 Å². The minimum atomic E-state index is -0.961. The topological polar surface area (TPSA) is 66.8 Å². The second-order valence-corrected chi connectivity index (χ2v) is 4.81. The minimum Gasteiger partial charge on any atom is -0.496 e. The maximum Gasteiger partial charge on any atom is 0.305 e. The maximum atomic E-state index is 12.4. The number of nitrogens with zero attached hydrogens (tertiary/aromatic N) is 1. The third-order valence-electron chi connectivity index (χ3n) is 2.74. The number of carbonyl (C=O) groups is 2. The van der Waals surface area contributed by atoms with Gasteiger partial charge in [-0.1, -0.05) is 23.2 Å². The molecule has 0 aliphatic heterocycles. The Morgan fingerprint density at radius 2 is 1.90 bits per heavy atom. The lowest BCUT2D eigenvalue weighted by Gasteiger charge is -2.21. The van der Waals surface area contributed by atoms with Crippen molar-refractivity contribution in [3.05, 3.63) is 27.7 Å². The highest BCUT2D eigenvalue weighted by Crippen LogP contribution is 2.31. The van der Waals surface area contributed by atoms with Crippen molar-refractivity contribution in [1.82, 2.24) is 4.90 Å². The first-order valence-corrected chi connectivity index (χ1v) is 6.70. The summed E-state index contributed by atoms with van der Waals surface area (Å²) in [6.07, 6.45) is -0.122. The van der Waals surface area contributed by atoms with Crippen molar-refractivity contribution < 1.29 is 19.4 Å². The molecule has 1 N–H and O–H groups in total. The minimum absolute atomic E-state index is 0.119. The molecular weight excluding hydrogens is 305 g/mol. The number of carbonyl (C=O) groups excluding carboxylic acids is 1. The number of amides is 1. The first-order valence-electron chi connectivity index (χ1n) is 5.94. The van der Waals surface area contributed by atoms with Crippen molar-refractivity contribution in [1.29, 1.82) is 0 Å². The highest BCUT2D eigenvalue weighted by Gasteiger charge is 2.20. The lowest BCUT2D eigenvalue weighted by molar-refractivity contribution is -0.137. The molecule has 0 radical (unpaired) electrons. The van der Waals surface area contributed by atoms with Gasteiger partial charge in [-0.2, -0.15) is 0 Å². The van der Waals surface area contributed by atoms with E-state index in [0.29, 0.717) is 12.3 Å². The molecule has 0 fully saturated rings. The second-order valence-electron chi connectivity index (χ2n) is 4.00. The predicted molar refractivity (Wildman–Crippen MR) is 76.8 cm³/mol. The van der Waals surface area contributed by atoms with Crippen LogP contribution in [0.3, 0.4) is 0 Å². The van der Waals surface area contributed by atoms with Crippen LogP contribution in [0.2, 0.25) is 10.0 Å². The van der Waals surface area contributed by atoms with Gasteiger partial charge in [-0.3, -0.25) is 9.59 Å². The van der Waals surface area contributed by atoms with Crippen molar-refractivity contribution in [3.8, 4) is 5.75 Å². The number of ether oxygens (including phenoxy) is 1. The molecule has 1 aromatic carbocycles. The Hall–Kier alpha value is -1.46. The molecule has 5 nitrogen and oxygen atoms in total. The van der Waals surface area contributed by atoms with Crippen LogP contribution in [0.15, 0.2) is 12.1 Å². The predicted octanol–water partition coefficient (Wildman–Crippen LogP) is 2.94. The summed E-state index contributed by atoms with van der Waals surface area (Å²) < 4.78 is 5.12. The fourth-order valence-electron chi connectivity index (χ4n) is 1.67. The Morgan fingerprint density at radius 3 is 2.40 bits per heavy atom. The number of aliphatic carboxylic acids is 1. The fourth-order valence-corrected chi connectivity index (χ4v) is 1.99. The SMILES string of the molecule is CCN(CCC(=O)O)C(=O)c1cc(Cl)c(Cl)cc1OC. The van der Waals surface area contributed by atoms with E-state index in [9.17, 15) is 9.59 Å². The van der Waals surface area contributed by atoms with Crippen LogP contribution in [-0.4, -0.2) is 42.1 Å². The zero-order valence-corrected chi connectivity index (χ0v) is 12.7. The fraction of sp³-hybridized carbons (Fsp3) is 0.385. The van der Waals surface area contributed by atoms with Gasteiger partial charge in [0.1, 0.15) is 5.75 Å². The lowest BCUT2D eigenvalue weighted by atomic mass is 10.1. The molecule has 0 aliphatic carbocycles. The first kappa shape index (κ1) is 16.6. The van der Waals surface area contributed by atoms with Gasteiger partial charge in [-0.25, -0.2) is 0 Å². The van der Waals surface area contributed by atoms with Gasteiger partial charge in [0.2, 0.25) is 0 Å². The number of halogens is 2. The number of benzene rings is 1. The lowest BCUT2D eigenvalue weighted by Crippen LogP contribution is -2.33. The van der Waals surface area contributed by atoms with E-state index in [-0.39, 0.29) is 34.5 Å². The molecule has 0 aliphatic rings. The summed E-state index contributed by atoms with van der Waals surface area (Å²) in [5.41, 5.74) is 0.258. The van der Waals surface area contributed by atoms with E-state index in [4.69, 9.17) is 33.0 Å². The summed E-state index contributed by atoms with van der Waals surface area (Å²) in [5, 5.41) is 9.22. The molecule has 1 rings (SSSR count). The van der Waals surface area contributed by atoms with Crippen LogP contribution < -0.4 is 4.74 Å². The average molecular weight is 320 g/mol. The number of carboxylic acid groups (broad SMARTS) is 1. The average Bonchev–Trinajstić information content (AvgIpc) is 2.41. The van der Waals surface area contributed by atoms with Crippen molar-refractivity contribution in [3.63, 3.8) is 0 Å². The van der Waals surface area contributed by atoms with Crippen LogP contribution in [0, 0.1) is 0 Å². The summed E-state index contributed by atoms with van der Waals surface area (Å²) in [4.78, 5) is 24.4. The Kier molecular flexibility index (Phi) is 6.10. The Balaban J connectivity index is 3.05. The third-order valence-corrected chi connectivity index (χ3v) is 3.46. The monoisotopic (exact) mass is 319 g/mol. The Labute approximate surface area is 127 Å². The van der Waals surface area contributed by atoms with E-state index >= 15 is 0 Å². The largest absolute Gasteiger partial charge is 0.496 e. The molecule has 0 saturated carbocycles. The molecule has 0 atom stereocenters. The van der Waals surface area contributed by atoms with Gasteiger partial charge in [0.05, 0.1) is 29.1 Å². The first-order chi connectivity index (χ1) is 9.40. The number of carboxylic acids is 1. The van der Waals surface area contributed by atoms with Gasteiger partial charge in [-0.15, -0.1) is 0 Å². The second kappa shape index (κ2) is 7.36. The summed E-state index contributed by atoms with van der Waals surface area (Å²) in [5.74, 6) is -1.00. The summed E-state index contributed by atoms with van der Waals surface area (Å²) in [6.45, 7) is 2.27. The van der Waals surface area contributed by atoms with E-state index in [1.54, 1.807) is 6.92 Å². The molecule has 0 bridgehead atoms. The highest BCUT2D eigenvalue weighted by atomic mass is 35.5. The van der Waals surface area contributed by atoms with Crippen molar-refractivity contribution in [2.24, 2.45) is 0 Å². The zero-order chi connectivity index (χ0) is 15.3. The summed E-state index contributed by atoms with van der Waals surface area (Å²) >= 11 is 11.8. The smallest absolute Gasteiger partial charge is 0.305 e. The molecule has 0 aromatic heterocycles. The molecule has 7 heteroatoms. The quantitative estimate of drug-likeness (QED) is 0.875. The van der Waals surface area contributed by atoms with E-state index in [0.717, 1.165) is 0 Å². The van der Waals surface area contributed by atoms with Gasteiger partial charge in [-0.05, 0) is 13.0 Å². The Morgan fingerprint density at radius 1 is 1.30 bits per heavy atom. The molecule has 20 heavy (non-hydrogen) atoms. The number of methoxy groups -OCH3 is 1. The van der Waals surface area contributed by atoms with Crippen molar-refractivity contribution >= 4 is 35.1 Å². The van der Waals surface area contributed by atoms with Crippen molar-refractivity contribution in [2.45, 2.75) is 13.3 Å². The summed E-state index contributed by atoms with van der Waals surface area (Å²) in [7, 11) is 1.42. The molecule has 1 aromatic rings. The summed E-state index contributed by atoms with van der Waals surface area (Å²) in [6, 6.07) is 2.89. The zero-order valence-electron chi connectivity index (χ0n) is 11.2. The van der Waals surface area contributed by atoms with Crippen LogP contribution in [0.1, 0.15) is 23.7 Å². The molecule has 0 saturated heterocycles. The third kappa shape index (κ3) is 4.02. The molecule has 0 heterocycles. The van der Waals surface area contributed by atoms with E-state index < -0.39 is 5.97 Å². The van der Waals surface area contributed by atoms with Gasteiger partial charge in [0.25, 0.3) is 5.91 Å². The normalized spacial score (nSPS) is 10.2. The molecule has 0 unspecified atom stereocenters. The van der Waals surface area contributed by atoms with Gasteiger partial charge in [0, 0.05) is 19.2 Å². The van der Waals surface area contributed by atoms with Gasteiger partial charge >= 0.3 is 5.97 Å². The van der Waals surface area contributed by atoms with Crippen LogP contribution in [0.25, 0.3) is 0 Å². The van der Waals surface area contributed by atoms with E-state index in [1.165, 1.54) is 24.1 Å². The number of rotatable bonds is 6. The van der Waals surface area contributed by atoms with Crippen LogP contribution in [0.4, 0.5) is 0 Å². The molecule has 0 spiro atoms. The molecular formula is C13H15Cl2NO4. The van der Waals surface area contributed by atoms with Crippen molar-refractivity contribution in [2.75, 3.05) is 20.2 Å². The number of hydrogen-bond acceptors (Lipinski definition) is 3. The van der Waals surface area contributed by atoms with Gasteiger partial charge in [0.15, 0.2) is 0 Å². The highest BCUT2D eigenvalue weighted by molar-refractivity contribution is 6.42. The molecule has 1 amide bonds. The van der Waals surface area contributed by atoms with Crippen LogP contribution in [-0.2, 0) is 4.79 Å².